The number of nitrogens with zero attached hydrogens (tertiary/aromatic N) is 1. The van der Waals surface area contributed by atoms with E-state index in [2.05, 4.69) is 9.97 Å². The second kappa shape index (κ2) is 8.22. The number of nitrogens with one attached hydrogen (secondary N) is 1. The molecule has 0 amide bonds. The zero-order valence-electron chi connectivity index (χ0n) is 16.1. The van der Waals surface area contributed by atoms with Crippen molar-refractivity contribution in [3.63, 3.8) is 0 Å². The van der Waals surface area contributed by atoms with Gasteiger partial charge in [0.25, 0.3) is 0 Å². The molecule has 4 aromatic rings. The second-order valence-electron chi connectivity index (χ2n) is 6.90. The number of carbonyl (C=O) groups is 1. The standard InChI is InChI=1S/C23H22N2O4/c1-15-18(25-23(29-15)16-7-3-2-4-8-16)10-6-12-28-20-11-5-9-19-22(20)17(14-24-19)13-21(26)27/h2-5,7-9,11,14,24H,6,10,12-13H2,1H3,(H,26,27). The van der Waals surface area contributed by atoms with Crippen LogP contribution in [-0.2, 0) is 17.6 Å². The molecule has 0 saturated carbocycles. The van der Waals surface area contributed by atoms with Gasteiger partial charge in [0.2, 0.25) is 5.89 Å². The fourth-order valence-electron chi connectivity index (χ4n) is 3.43. The summed E-state index contributed by atoms with van der Waals surface area (Å²) in [6, 6.07) is 15.5. The van der Waals surface area contributed by atoms with Crippen LogP contribution in [0, 0.1) is 6.92 Å². The third-order valence-corrected chi connectivity index (χ3v) is 4.82. The Hall–Kier alpha value is -3.54. The number of aryl methyl sites for hydroxylation is 2. The molecule has 0 aliphatic rings. The number of ether oxygens (including phenoxy) is 1. The topological polar surface area (TPSA) is 88.4 Å². The summed E-state index contributed by atoms with van der Waals surface area (Å²) < 4.78 is 11.8. The van der Waals surface area contributed by atoms with Crippen molar-refractivity contribution in [2.75, 3.05) is 6.61 Å². The van der Waals surface area contributed by atoms with Gasteiger partial charge in [0, 0.05) is 22.7 Å². The van der Waals surface area contributed by atoms with Crippen LogP contribution in [0.2, 0.25) is 0 Å². The van der Waals surface area contributed by atoms with Gasteiger partial charge >= 0.3 is 5.97 Å². The van der Waals surface area contributed by atoms with Crippen molar-refractivity contribution in [1.29, 1.82) is 0 Å². The van der Waals surface area contributed by atoms with Crippen molar-refractivity contribution < 1.29 is 19.1 Å². The van der Waals surface area contributed by atoms with Crippen molar-refractivity contribution in [2.24, 2.45) is 0 Å². The first-order chi connectivity index (χ1) is 14.1. The van der Waals surface area contributed by atoms with Gasteiger partial charge in [-0.1, -0.05) is 24.3 Å². The van der Waals surface area contributed by atoms with Crippen LogP contribution in [0.1, 0.15) is 23.4 Å². The highest BCUT2D eigenvalue weighted by atomic mass is 16.5. The molecule has 0 spiro atoms. The number of hydrogen-bond donors (Lipinski definition) is 2. The first kappa shape index (κ1) is 18.8. The lowest BCUT2D eigenvalue weighted by Gasteiger charge is -2.08. The number of aromatic amines is 1. The fourth-order valence-corrected chi connectivity index (χ4v) is 3.43. The van der Waals surface area contributed by atoms with Gasteiger partial charge < -0.3 is 19.2 Å². The lowest BCUT2D eigenvalue weighted by Crippen LogP contribution is -2.02. The Morgan fingerprint density at radius 1 is 1.17 bits per heavy atom. The Bertz CT molecular complexity index is 1130. The van der Waals surface area contributed by atoms with Gasteiger partial charge in [0.15, 0.2) is 0 Å². The predicted molar refractivity (Wildman–Crippen MR) is 110 cm³/mol. The summed E-state index contributed by atoms with van der Waals surface area (Å²) in [5.41, 5.74) is 3.49. The van der Waals surface area contributed by atoms with Crippen LogP contribution in [-0.4, -0.2) is 27.7 Å². The van der Waals surface area contributed by atoms with Crippen LogP contribution in [0.5, 0.6) is 5.75 Å². The molecular formula is C23H22N2O4. The Morgan fingerprint density at radius 3 is 2.79 bits per heavy atom. The van der Waals surface area contributed by atoms with Gasteiger partial charge in [-0.05, 0) is 49.6 Å². The molecule has 0 saturated heterocycles. The van der Waals surface area contributed by atoms with Gasteiger partial charge in [-0.15, -0.1) is 0 Å². The Kier molecular flexibility index (Phi) is 5.33. The monoisotopic (exact) mass is 390 g/mol. The maximum Gasteiger partial charge on any atom is 0.307 e. The quantitative estimate of drug-likeness (QED) is 0.423. The van der Waals surface area contributed by atoms with Crippen molar-refractivity contribution in [1.82, 2.24) is 9.97 Å². The van der Waals surface area contributed by atoms with Crippen molar-refractivity contribution in [3.05, 3.63) is 71.7 Å². The fraction of sp³-hybridized carbons (Fsp3) is 0.217. The maximum absolute atomic E-state index is 11.1. The highest BCUT2D eigenvalue weighted by Gasteiger charge is 2.13. The van der Waals surface area contributed by atoms with E-state index >= 15 is 0 Å². The lowest BCUT2D eigenvalue weighted by molar-refractivity contribution is -0.136. The first-order valence-corrected chi connectivity index (χ1v) is 9.57. The van der Waals surface area contributed by atoms with Crippen LogP contribution in [0.4, 0.5) is 0 Å². The molecule has 29 heavy (non-hydrogen) atoms. The number of carboxylic acid groups (broad SMARTS) is 1. The number of hydrogen-bond acceptors (Lipinski definition) is 4. The van der Waals surface area contributed by atoms with E-state index in [1.165, 1.54) is 0 Å². The second-order valence-corrected chi connectivity index (χ2v) is 6.90. The highest BCUT2D eigenvalue weighted by molar-refractivity contribution is 5.91. The molecule has 6 heteroatoms. The Labute approximate surface area is 168 Å². The number of H-pyrrole nitrogens is 1. The smallest absolute Gasteiger partial charge is 0.307 e. The average Bonchev–Trinajstić information content (AvgIpc) is 3.30. The van der Waals surface area contributed by atoms with Crippen molar-refractivity contribution >= 4 is 16.9 Å². The van der Waals surface area contributed by atoms with Crippen LogP contribution >= 0.6 is 0 Å². The van der Waals surface area contributed by atoms with E-state index < -0.39 is 5.97 Å². The maximum atomic E-state index is 11.1. The minimum Gasteiger partial charge on any atom is -0.493 e. The third-order valence-electron chi connectivity index (χ3n) is 4.82. The van der Waals surface area contributed by atoms with Gasteiger partial charge in [0.05, 0.1) is 18.7 Å². The molecule has 0 radical (unpaired) electrons. The molecule has 2 N–H and O–H groups in total. The number of aliphatic carboxylic acids is 1. The molecule has 0 fully saturated rings. The molecule has 4 rings (SSSR count). The normalized spacial score (nSPS) is 11.1. The molecule has 2 heterocycles. The summed E-state index contributed by atoms with van der Waals surface area (Å²) in [6.07, 6.45) is 3.21. The van der Waals surface area contributed by atoms with E-state index in [1.807, 2.05) is 55.5 Å². The molecule has 2 aromatic carbocycles. The number of oxazole rings is 1. The highest BCUT2D eigenvalue weighted by Crippen LogP contribution is 2.29. The predicted octanol–water partition coefficient (Wildman–Crippen LogP) is 4.77. The van der Waals surface area contributed by atoms with E-state index in [4.69, 9.17) is 14.3 Å². The number of fused-ring (bicyclic) bond motifs is 1. The van der Waals surface area contributed by atoms with E-state index in [-0.39, 0.29) is 6.42 Å². The molecule has 6 nitrogen and oxygen atoms in total. The SMILES string of the molecule is Cc1oc(-c2ccccc2)nc1CCCOc1cccc2[nH]cc(CC(=O)O)c12. The number of benzene rings is 2. The number of rotatable bonds is 8. The Morgan fingerprint density at radius 2 is 2.00 bits per heavy atom. The molecule has 148 valence electrons. The summed E-state index contributed by atoms with van der Waals surface area (Å²) in [5, 5.41) is 9.95. The first-order valence-electron chi connectivity index (χ1n) is 9.57. The molecule has 0 aliphatic heterocycles. The minimum absolute atomic E-state index is 0.0409. The molecular weight excluding hydrogens is 368 g/mol. The van der Waals surface area contributed by atoms with E-state index in [0.717, 1.165) is 46.3 Å². The van der Waals surface area contributed by atoms with Crippen LogP contribution < -0.4 is 4.74 Å². The molecule has 0 bridgehead atoms. The van der Waals surface area contributed by atoms with E-state index in [0.29, 0.717) is 18.2 Å². The van der Waals surface area contributed by atoms with Gasteiger partial charge in [-0.2, -0.15) is 0 Å². The largest absolute Gasteiger partial charge is 0.493 e. The Balaban J connectivity index is 1.41. The van der Waals surface area contributed by atoms with Gasteiger partial charge in [0.1, 0.15) is 11.5 Å². The average molecular weight is 390 g/mol. The third kappa shape index (κ3) is 4.16. The van der Waals surface area contributed by atoms with Crippen molar-refractivity contribution in [2.45, 2.75) is 26.2 Å². The summed E-state index contributed by atoms with van der Waals surface area (Å²) in [7, 11) is 0. The molecule has 0 atom stereocenters. The lowest BCUT2D eigenvalue weighted by atomic mass is 10.1. The molecule has 0 unspecified atom stereocenters. The summed E-state index contributed by atoms with van der Waals surface area (Å²) >= 11 is 0. The van der Waals surface area contributed by atoms with Crippen LogP contribution in [0.15, 0.2) is 59.1 Å². The van der Waals surface area contributed by atoms with Gasteiger partial charge in [-0.25, -0.2) is 4.98 Å². The van der Waals surface area contributed by atoms with Crippen LogP contribution in [0.3, 0.4) is 0 Å². The summed E-state index contributed by atoms with van der Waals surface area (Å²) in [4.78, 5) is 18.8. The molecule has 2 aromatic heterocycles. The molecule has 0 aliphatic carbocycles. The van der Waals surface area contributed by atoms with E-state index in [1.54, 1.807) is 6.20 Å². The minimum atomic E-state index is -0.864. The van der Waals surface area contributed by atoms with Gasteiger partial charge in [-0.3, -0.25) is 4.79 Å². The van der Waals surface area contributed by atoms with Crippen molar-refractivity contribution in [3.8, 4) is 17.2 Å². The summed E-state index contributed by atoms with van der Waals surface area (Å²) in [6.45, 7) is 2.43. The zero-order chi connectivity index (χ0) is 20.2. The number of carboxylic acids is 1. The van der Waals surface area contributed by atoms with E-state index in [9.17, 15) is 4.79 Å². The number of aromatic nitrogens is 2. The zero-order valence-corrected chi connectivity index (χ0v) is 16.1. The van der Waals surface area contributed by atoms with Crippen LogP contribution in [0.25, 0.3) is 22.4 Å². The summed E-state index contributed by atoms with van der Waals surface area (Å²) in [5.74, 6) is 1.29.